The molecule has 2 aromatic rings. The molecule has 2 rings (SSSR count). The van der Waals surface area contributed by atoms with Crippen LogP contribution in [-0.4, -0.2) is 30.4 Å². The number of anilines is 2. The third-order valence-electron chi connectivity index (χ3n) is 3.73. The molecule has 5 nitrogen and oxygen atoms in total. The topological polar surface area (TPSA) is 67.4 Å². The quantitative estimate of drug-likeness (QED) is 0.706. The van der Waals surface area contributed by atoms with Crippen molar-refractivity contribution in [3.05, 3.63) is 52.0 Å². The summed E-state index contributed by atoms with van der Waals surface area (Å²) in [6, 6.07) is 9.30. The van der Waals surface area contributed by atoms with Gasteiger partial charge in [-0.25, -0.2) is 0 Å². The van der Waals surface area contributed by atoms with E-state index in [2.05, 4.69) is 10.6 Å². The second-order valence-corrected chi connectivity index (χ2v) is 7.66. The molecule has 2 aromatic carbocycles. The van der Waals surface area contributed by atoms with Gasteiger partial charge in [0, 0.05) is 16.8 Å². The van der Waals surface area contributed by atoms with Crippen LogP contribution in [0.25, 0.3) is 0 Å². The van der Waals surface area contributed by atoms with Gasteiger partial charge in [-0.05, 0) is 55.7 Å². The third-order valence-corrected chi connectivity index (χ3v) is 5.07. The van der Waals surface area contributed by atoms with E-state index in [-0.39, 0.29) is 23.3 Å². The van der Waals surface area contributed by atoms with Gasteiger partial charge in [-0.15, -0.1) is 11.8 Å². The first-order valence-corrected chi connectivity index (χ1v) is 9.91. The lowest BCUT2D eigenvalue weighted by Gasteiger charge is -2.12. The number of aryl methyl sites for hydroxylation is 3. The Hall–Kier alpha value is -2.18. The number of halogens is 1. The molecule has 2 amide bonds. The fraction of sp³-hybridized carbons (Fsp3) is 0.300. The van der Waals surface area contributed by atoms with E-state index >= 15 is 0 Å². The van der Waals surface area contributed by atoms with Crippen LogP contribution in [0.4, 0.5) is 11.4 Å². The molecule has 0 unspecified atom stereocenters. The van der Waals surface area contributed by atoms with Gasteiger partial charge < -0.3 is 15.4 Å². The minimum Gasteiger partial charge on any atom is -0.495 e. The third kappa shape index (κ3) is 6.48. The summed E-state index contributed by atoms with van der Waals surface area (Å²) in [6.07, 6.45) is 0. The van der Waals surface area contributed by atoms with E-state index in [0.717, 1.165) is 22.4 Å². The van der Waals surface area contributed by atoms with Gasteiger partial charge in [-0.2, -0.15) is 0 Å². The van der Waals surface area contributed by atoms with E-state index in [9.17, 15) is 9.59 Å². The van der Waals surface area contributed by atoms with Crippen LogP contribution in [-0.2, 0) is 9.59 Å². The highest BCUT2D eigenvalue weighted by Gasteiger charge is 2.11. The van der Waals surface area contributed by atoms with E-state index in [1.54, 1.807) is 12.1 Å². The van der Waals surface area contributed by atoms with Crippen molar-refractivity contribution in [1.29, 1.82) is 0 Å². The van der Waals surface area contributed by atoms with E-state index < -0.39 is 0 Å². The van der Waals surface area contributed by atoms with Gasteiger partial charge in [0.05, 0.1) is 24.3 Å². The normalized spacial score (nSPS) is 10.4. The summed E-state index contributed by atoms with van der Waals surface area (Å²) in [7, 11) is 1.52. The molecule has 0 saturated heterocycles. The highest BCUT2D eigenvalue weighted by Crippen LogP contribution is 2.31. The molecule has 0 atom stereocenters. The smallest absolute Gasteiger partial charge is 0.234 e. The lowest BCUT2D eigenvalue weighted by Crippen LogP contribution is -2.19. The predicted octanol–water partition coefficient (Wildman–Crippen LogP) is 4.58. The molecule has 0 aromatic heterocycles. The Morgan fingerprint density at radius 2 is 1.56 bits per heavy atom. The number of carbonyl (C=O) groups excluding carboxylic acids is 2. The maximum absolute atomic E-state index is 12.2. The van der Waals surface area contributed by atoms with Crippen molar-refractivity contribution in [2.75, 3.05) is 29.2 Å². The molecular weight excluding hydrogens is 384 g/mol. The van der Waals surface area contributed by atoms with Gasteiger partial charge in [-0.1, -0.05) is 17.7 Å². The summed E-state index contributed by atoms with van der Waals surface area (Å²) in [4.78, 5) is 24.2. The lowest BCUT2D eigenvalue weighted by molar-refractivity contribution is -0.114. The van der Waals surface area contributed by atoms with Crippen molar-refractivity contribution in [1.82, 2.24) is 0 Å². The highest BCUT2D eigenvalue weighted by atomic mass is 35.5. The number of rotatable bonds is 7. The summed E-state index contributed by atoms with van der Waals surface area (Å²) in [6.45, 7) is 5.81. The molecule has 7 heteroatoms. The summed E-state index contributed by atoms with van der Waals surface area (Å²) in [5.41, 5.74) is 4.34. The van der Waals surface area contributed by atoms with Crippen LogP contribution >= 0.6 is 23.4 Å². The molecule has 0 saturated carbocycles. The van der Waals surface area contributed by atoms with Crippen LogP contribution in [0.2, 0.25) is 5.02 Å². The zero-order valence-electron chi connectivity index (χ0n) is 15.8. The van der Waals surface area contributed by atoms with Crippen LogP contribution in [0.3, 0.4) is 0 Å². The second-order valence-electron chi connectivity index (χ2n) is 6.27. The van der Waals surface area contributed by atoms with E-state index in [4.69, 9.17) is 16.3 Å². The first-order valence-electron chi connectivity index (χ1n) is 8.38. The molecule has 0 spiro atoms. The molecule has 0 radical (unpaired) electrons. The number of methoxy groups -OCH3 is 1. The molecule has 0 aliphatic carbocycles. The first-order chi connectivity index (χ1) is 12.8. The van der Waals surface area contributed by atoms with Gasteiger partial charge in [0.25, 0.3) is 0 Å². The number of ether oxygens (including phenoxy) is 1. The maximum atomic E-state index is 12.2. The number of carbonyl (C=O) groups is 2. The fourth-order valence-corrected chi connectivity index (χ4v) is 3.37. The number of amides is 2. The van der Waals surface area contributed by atoms with Crippen LogP contribution in [0.15, 0.2) is 30.3 Å². The van der Waals surface area contributed by atoms with Crippen molar-refractivity contribution < 1.29 is 14.3 Å². The largest absolute Gasteiger partial charge is 0.495 e. The van der Waals surface area contributed by atoms with Gasteiger partial charge in [0.15, 0.2) is 0 Å². The number of benzene rings is 2. The fourth-order valence-electron chi connectivity index (χ4n) is 2.60. The molecule has 0 aliphatic heterocycles. The van der Waals surface area contributed by atoms with E-state index in [0.29, 0.717) is 16.5 Å². The summed E-state index contributed by atoms with van der Waals surface area (Å²) in [5, 5.41) is 6.22. The summed E-state index contributed by atoms with van der Waals surface area (Å²) >= 11 is 7.31. The van der Waals surface area contributed by atoms with Crippen molar-refractivity contribution in [3.63, 3.8) is 0 Å². The minimum atomic E-state index is -0.209. The average Bonchev–Trinajstić information content (AvgIpc) is 2.56. The molecule has 27 heavy (non-hydrogen) atoms. The number of nitrogens with one attached hydrogen (secondary N) is 2. The average molecular weight is 407 g/mol. The summed E-state index contributed by atoms with van der Waals surface area (Å²) in [5.74, 6) is 0.496. The Labute approximate surface area is 168 Å². The molecular formula is C20H23ClN2O3S. The molecule has 144 valence electrons. The van der Waals surface area contributed by atoms with Crippen LogP contribution in [0, 0.1) is 20.8 Å². The molecule has 2 N–H and O–H groups in total. The standard InChI is InChI=1S/C20H23ClN2O3S/c1-12-5-13(2)7-15(6-12)22-19(24)10-27-11-20(25)23-17-8-14(3)16(21)9-18(17)26-4/h5-9H,10-11H2,1-4H3,(H,22,24)(H,23,25). The Kier molecular flexibility index (Phi) is 7.56. The van der Waals surface area contributed by atoms with Crippen LogP contribution in [0.1, 0.15) is 16.7 Å². The second kappa shape index (κ2) is 9.67. The number of hydrogen-bond donors (Lipinski definition) is 2. The Bertz CT molecular complexity index is 835. The number of thioether (sulfide) groups is 1. The van der Waals surface area contributed by atoms with Gasteiger partial charge >= 0.3 is 0 Å². The van der Waals surface area contributed by atoms with Crippen molar-refractivity contribution >= 4 is 46.6 Å². The van der Waals surface area contributed by atoms with E-state index in [1.807, 2.05) is 39.0 Å². The van der Waals surface area contributed by atoms with Crippen molar-refractivity contribution in [2.24, 2.45) is 0 Å². The van der Waals surface area contributed by atoms with E-state index in [1.165, 1.54) is 18.9 Å². The maximum Gasteiger partial charge on any atom is 0.234 e. The van der Waals surface area contributed by atoms with Crippen molar-refractivity contribution in [2.45, 2.75) is 20.8 Å². The SMILES string of the molecule is COc1cc(Cl)c(C)cc1NC(=O)CSCC(=O)Nc1cc(C)cc(C)c1. The molecule has 0 fully saturated rings. The Balaban J connectivity index is 1.84. The molecule has 0 aliphatic rings. The summed E-state index contributed by atoms with van der Waals surface area (Å²) < 4.78 is 5.24. The lowest BCUT2D eigenvalue weighted by atomic mass is 10.1. The molecule has 0 heterocycles. The zero-order valence-corrected chi connectivity index (χ0v) is 17.4. The Morgan fingerprint density at radius 3 is 2.15 bits per heavy atom. The minimum absolute atomic E-state index is 0.141. The van der Waals surface area contributed by atoms with Gasteiger partial charge in [0.1, 0.15) is 5.75 Å². The van der Waals surface area contributed by atoms with Crippen molar-refractivity contribution in [3.8, 4) is 5.75 Å². The highest BCUT2D eigenvalue weighted by molar-refractivity contribution is 8.00. The first kappa shape index (κ1) is 21.1. The van der Waals surface area contributed by atoms with Gasteiger partial charge in [-0.3, -0.25) is 9.59 Å². The van der Waals surface area contributed by atoms with Crippen LogP contribution < -0.4 is 15.4 Å². The van der Waals surface area contributed by atoms with Crippen LogP contribution in [0.5, 0.6) is 5.75 Å². The predicted molar refractivity (Wildman–Crippen MR) is 113 cm³/mol. The zero-order chi connectivity index (χ0) is 20.0. The Morgan fingerprint density at radius 1 is 0.963 bits per heavy atom. The van der Waals surface area contributed by atoms with Gasteiger partial charge in [0.2, 0.25) is 11.8 Å². The molecule has 0 bridgehead atoms. The monoisotopic (exact) mass is 406 g/mol. The number of hydrogen-bond acceptors (Lipinski definition) is 4.